The Kier molecular flexibility index (Phi) is 3.38. The smallest absolute Gasteiger partial charge is 0.124 e. The average Bonchev–Trinajstić information content (AvgIpc) is 2.28. The molecule has 0 aliphatic heterocycles. The first kappa shape index (κ1) is 12.0. The highest BCUT2D eigenvalue weighted by atomic mass is 32.2. The Labute approximate surface area is 105 Å². The van der Waals surface area contributed by atoms with Crippen molar-refractivity contribution in [2.45, 2.75) is 23.6 Å². The van der Waals surface area contributed by atoms with Gasteiger partial charge in [-0.05, 0) is 49.2 Å². The maximum absolute atomic E-state index is 13.2. The zero-order valence-corrected chi connectivity index (χ0v) is 10.6. The minimum atomic E-state index is -0.257. The van der Waals surface area contributed by atoms with Gasteiger partial charge in [0.2, 0.25) is 0 Å². The van der Waals surface area contributed by atoms with E-state index < -0.39 is 0 Å². The van der Waals surface area contributed by atoms with E-state index in [1.807, 2.05) is 13.8 Å². The van der Waals surface area contributed by atoms with Crippen molar-refractivity contribution in [3.63, 3.8) is 0 Å². The van der Waals surface area contributed by atoms with Gasteiger partial charge in [0, 0.05) is 15.5 Å². The van der Waals surface area contributed by atoms with E-state index in [0.29, 0.717) is 5.69 Å². The monoisotopic (exact) mass is 247 g/mol. The second kappa shape index (κ2) is 4.80. The third-order valence-electron chi connectivity index (χ3n) is 2.54. The molecule has 2 N–H and O–H groups in total. The Morgan fingerprint density at radius 1 is 1.00 bits per heavy atom. The molecule has 0 unspecified atom stereocenters. The lowest BCUT2D eigenvalue weighted by molar-refractivity contribution is 0.624. The zero-order valence-electron chi connectivity index (χ0n) is 9.83. The third kappa shape index (κ3) is 2.80. The lowest BCUT2D eigenvalue weighted by Gasteiger charge is -2.09. The van der Waals surface area contributed by atoms with Crippen molar-refractivity contribution in [3.05, 3.63) is 53.3 Å². The lowest BCUT2D eigenvalue weighted by Crippen LogP contribution is -1.90. The van der Waals surface area contributed by atoms with Gasteiger partial charge in [0.25, 0.3) is 0 Å². The number of hydrogen-bond acceptors (Lipinski definition) is 2. The van der Waals surface area contributed by atoms with Crippen molar-refractivity contribution < 1.29 is 4.39 Å². The van der Waals surface area contributed by atoms with E-state index in [4.69, 9.17) is 5.73 Å². The van der Waals surface area contributed by atoms with E-state index in [1.54, 1.807) is 6.07 Å². The van der Waals surface area contributed by atoms with Gasteiger partial charge in [-0.1, -0.05) is 23.9 Å². The summed E-state index contributed by atoms with van der Waals surface area (Å²) in [5.41, 5.74) is 8.81. The van der Waals surface area contributed by atoms with E-state index >= 15 is 0 Å². The molecular formula is C14H14FNS. The first-order valence-electron chi connectivity index (χ1n) is 5.36. The van der Waals surface area contributed by atoms with Crippen LogP contribution in [0.25, 0.3) is 0 Å². The number of halogens is 1. The number of aryl methyl sites for hydroxylation is 2. The summed E-state index contributed by atoms with van der Waals surface area (Å²) >= 11 is 1.50. The Balaban J connectivity index is 2.37. The van der Waals surface area contributed by atoms with Gasteiger partial charge in [-0.25, -0.2) is 4.39 Å². The molecule has 0 aliphatic rings. The Hall–Kier alpha value is -1.48. The molecule has 0 heterocycles. The molecule has 2 rings (SSSR count). The molecule has 0 bridgehead atoms. The molecule has 2 aromatic rings. The van der Waals surface area contributed by atoms with Gasteiger partial charge < -0.3 is 5.73 Å². The summed E-state index contributed by atoms with van der Waals surface area (Å²) in [6, 6.07) is 10.7. The minimum absolute atomic E-state index is 0.257. The predicted octanol–water partition coefficient (Wildman–Crippen LogP) is 4.18. The van der Waals surface area contributed by atoms with Crippen molar-refractivity contribution >= 4 is 17.4 Å². The number of nitrogens with two attached hydrogens (primary N) is 1. The van der Waals surface area contributed by atoms with E-state index in [-0.39, 0.29) is 5.82 Å². The van der Waals surface area contributed by atoms with Crippen LogP contribution in [0.1, 0.15) is 11.1 Å². The van der Waals surface area contributed by atoms with E-state index in [0.717, 1.165) is 9.79 Å². The van der Waals surface area contributed by atoms with Gasteiger partial charge in [-0.3, -0.25) is 0 Å². The summed E-state index contributed by atoms with van der Waals surface area (Å²) in [6.07, 6.45) is 0. The first-order chi connectivity index (χ1) is 8.06. The fraction of sp³-hybridized carbons (Fsp3) is 0.143. The standard InChI is InChI=1S/C14H14FNS/c1-9-3-4-10(2)13(7-9)17-14-8-11(15)5-6-12(14)16/h3-8H,16H2,1-2H3. The van der Waals surface area contributed by atoms with Gasteiger partial charge in [0.05, 0.1) is 0 Å². The van der Waals surface area contributed by atoms with Crippen LogP contribution in [0, 0.1) is 19.7 Å². The van der Waals surface area contributed by atoms with Crippen LogP contribution in [-0.4, -0.2) is 0 Å². The van der Waals surface area contributed by atoms with Crippen LogP contribution in [0.15, 0.2) is 46.2 Å². The van der Waals surface area contributed by atoms with Crippen molar-refractivity contribution in [2.24, 2.45) is 0 Å². The minimum Gasteiger partial charge on any atom is -0.398 e. The Bertz CT molecular complexity index is 502. The number of anilines is 1. The fourth-order valence-corrected chi connectivity index (χ4v) is 2.60. The molecule has 0 spiro atoms. The van der Waals surface area contributed by atoms with Crippen molar-refractivity contribution in [1.29, 1.82) is 0 Å². The highest BCUT2D eigenvalue weighted by Gasteiger charge is 2.06. The molecule has 2 aromatic carbocycles. The fourth-order valence-electron chi connectivity index (χ4n) is 1.53. The first-order valence-corrected chi connectivity index (χ1v) is 6.18. The van der Waals surface area contributed by atoms with Crippen LogP contribution in [0.3, 0.4) is 0 Å². The van der Waals surface area contributed by atoms with Crippen LogP contribution >= 0.6 is 11.8 Å². The maximum Gasteiger partial charge on any atom is 0.124 e. The second-order valence-corrected chi connectivity index (χ2v) is 5.14. The topological polar surface area (TPSA) is 26.0 Å². The van der Waals surface area contributed by atoms with Crippen molar-refractivity contribution in [1.82, 2.24) is 0 Å². The number of hydrogen-bond donors (Lipinski definition) is 1. The Morgan fingerprint density at radius 3 is 2.53 bits per heavy atom. The molecule has 0 fully saturated rings. The molecule has 0 amide bonds. The molecule has 0 aromatic heterocycles. The number of benzene rings is 2. The average molecular weight is 247 g/mol. The van der Waals surface area contributed by atoms with E-state index in [1.165, 1.54) is 35.0 Å². The summed E-state index contributed by atoms with van der Waals surface area (Å²) < 4.78 is 13.2. The van der Waals surface area contributed by atoms with Crippen LogP contribution in [0.2, 0.25) is 0 Å². The molecule has 0 radical (unpaired) electrons. The second-order valence-electron chi connectivity index (χ2n) is 4.05. The molecule has 0 saturated heterocycles. The quantitative estimate of drug-likeness (QED) is 0.806. The highest BCUT2D eigenvalue weighted by molar-refractivity contribution is 7.99. The molecule has 0 aliphatic carbocycles. The van der Waals surface area contributed by atoms with E-state index in [9.17, 15) is 4.39 Å². The third-order valence-corrected chi connectivity index (χ3v) is 3.77. The SMILES string of the molecule is Cc1ccc(C)c(Sc2cc(F)ccc2N)c1. The highest BCUT2D eigenvalue weighted by Crippen LogP contribution is 2.34. The largest absolute Gasteiger partial charge is 0.398 e. The maximum atomic E-state index is 13.2. The zero-order chi connectivity index (χ0) is 12.4. The summed E-state index contributed by atoms with van der Waals surface area (Å²) in [5.74, 6) is -0.257. The molecule has 17 heavy (non-hydrogen) atoms. The lowest BCUT2D eigenvalue weighted by atomic mass is 10.2. The molecule has 0 atom stereocenters. The van der Waals surface area contributed by atoms with Crippen molar-refractivity contribution in [2.75, 3.05) is 5.73 Å². The molecule has 3 heteroatoms. The van der Waals surface area contributed by atoms with E-state index in [2.05, 4.69) is 18.2 Å². The number of nitrogen functional groups attached to an aromatic ring is 1. The predicted molar refractivity (Wildman–Crippen MR) is 70.9 cm³/mol. The molecule has 88 valence electrons. The summed E-state index contributed by atoms with van der Waals surface area (Å²) in [4.78, 5) is 1.88. The van der Waals surface area contributed by atoms with Gasteiger partial charge in [-0.15, -0.1) is 0 Å². The van der Waals surface area contributed by atoms with Gasteiger partial charge in [0.15, 0.2) is 0 Å². The van der Waals surface area contributed by atoms with Gasteiger partial charge >= 0.3 is 0 Å². The van der Waals surface area contributed by atoms with Crippen molar-refractivity contribution in [3.8, 4) is 0 Å². The summed E-state index contributed by atoms with van der Waals surface area (Å²) in [5, 5.41) is 0. The van der Waals surface area contributed by atoms with Gasteiger partial charge in [-0.2, -0.15) is 0 Å². The normalized spacial score (nSPS) is 10.5. The summed E-state index contributed by atoms with van der Waals surface area (Å²) in [6.45, 7) is 4.08. The summed E-state index contributed by atoms with van der Waals surface area (Å²) in [7, 11) is 0. The number of rotatable bonds is 2. The van der Waals surface area contributed by atoms with Gasteiger partial charge in [0.1, 0.15) is 5.82 Å². The molecule has 1 nitrogen and oxygen atoms in total. The molecular weight excluding hydrogens is 233 g/mol. The van der Waals surface area contributed by atoms with Crippen LogP contribution in [0.5, 0.6) is 0 Å². The van der Waals surface area contributed by atoms with Crippen LogP contribution in [-0.2, 0) is 0 Å². The van der Waals surface area contributed by atoms with Crippen LogP contribution < -0.4 is 5.73 Å². The Morgan fingerprint density at radius 2 is 1.76 bits per heavy atom. The molecule has 0 saturated carbocycles. The van der Waals surface area contributed by atoms with Crippen LogP contribution in [0.4, 0.5) is 10.1 Å².